The van der Waals surface area contributed by atoms with Gasteiger partial charge in [-0.2, -0.15) is 0 Å². The number of nitrogens with one attached hydrogen (secondary N) is 1. The fraction of sp³-hybridized carbons (Fsp3) is 0.824. The summed E-state index contributed by atoms with van der Waals surface area (Å²) in [7, 11) is 0. The van der Waals surface area contributed by atoms with Crippen molar-refractivity contribution in [2.45, 2.75) is 65.6 Å². The molecule has 2 atom stereocenters. The number of carbonyl (C=O) groups excluding carboxylic acids is 2. The third kappa shape index (κ3) is 16.2. The van der Waals surface area contributed by atoms with Crippen molar-refractivity contribution in [1.29, 1.82) is 0 Å². The van der Waals surface area contributed by atoms with Gasteiger partial charge in [0.15, 0.2) is 0 Å². The minimum atomic E-state index is -1.07. The van der Waals surface area contributed by atoms with Gasteiger partial charge in [0.1, 0.15) is 0 Å². The molecular weight excluding hydrogens is 376 g/mol. The molecule has 0 aromatic rings. The second-order valence-electron chi connectivity index (χ2n) is 6.83. The lowest BCUT2D eigenvalue weighted by molar-refractivity contribution is -0.492. The first-order valence-corrected chi connectivity index (χ1v) is 9.26. The minimum Gasteiger partial charge on any atom is -0.481 e. The molecule has 0 aliphatic carbocycles. The van der Waals surface area contributed by atoms with Gasteiger partial charge in [-0.05, 0) is 31.1 Å². The van der Waals surface area contributed by atoms with Gasteiger partial charge in [-0.1, -0.05) is 20.3 Å². The second kappa shape index (κ2) is 15.0. The monoisotopic (exact) mass is 408 g/mol. The number of hydrogen-bond donors (Lipinski definition) is 4. The number of carboxylic acid groups (broad SMARTS) is 1. The first-order valence-electron chi connectivity index (χ1n) is 9.26. The SMILES string of the molecule is CC(C)C[C@H](CNC(=O)OC(C)OC(=O)CCCCCON(O)O)CC(=O)O. The van der Waals surface area contributed by atoms with Gasteiger partial charge in [0.2, 0.25) is 6.29 Å². The Bertz CT molecular complexity index is 472. The lowest BCUT2D eigenvalue weighted by Gasteiger charge is -2.19. The quantitative estimate of drug-likeness (QED) is 0.137. The van der Waals surface area contributed by atoms with E-state index < -0.39 is 24.3 Å². The maximum absolute atomic E-state index is 11.8. The molecule has 0 aliphatic heterocycles. The smallest absolute Gasteiger partial charge is 0.410 e. The molecule has 0 fully saturated rings. The maximum Gasteiger partial charge on any atom is 0.410 e. The van der Waals surface area contributed by atoms with Crippen molar-refractivity contribution < 1.29 is 44.2 Å². The summed E-state index contributed by atoms with van der Waals surface area (Å²) in [6.45, 7) is 5.60. The molecule has 1 unspecified atom stereocenters. The number of aliphatic carboxylic acids is 1. The Morgan fingerprint density at radius 1 is 1.04 bits per heavy atom. The summed E-state index contributed by atoms with van der Waals surface area (Å²) in [4.78, 5) is 38.7. The summed E-state index contributed by atoms with van der Waals surface area (Å²) >= 11 is 0. The zero-order valence-corrected chi connectivity index (χ0v) is 16.6. The topological polar surface area (TPSA) is 155 Å². The fourth-order valence-corrected chi connectivity index (χ4v) is 2.53. The molecule has 0 spiro atoms. The highest BCUT2D eigenvalue weighted by atomic mass is 17.1. The van der Waals surface area contributed by atoms with Crippen molar-refractivity contribution in [2.75, 3.05) is 13.2 Å². The van der Waals surface area contributed by atoms with Gasteiger partial charge in [0, 0.05) is 26.3 Å². The molecule has 4 N–H and O–H groups in total. The standard InChI is InChI=1S/C17H32N2O9/c1-12(2)9-14(10-15(20)21)11-18-17(23)28-13(3)27-16(22)7-5-4-6-8-26-19(24)25/h12-14,24-25H,4-11H2,1-3H3,(H,18,23)(H,20,21)/t13?,14-/m0/s1. The van der Waals surface area contributed by atoms with Gasteiger partial charge in [-0.3, -0.25) is 24.8 Å². The highest BCUT2D eigenvalue weighted by Crippen LogP contribution is 2.15. The Morgan fingerprint density at radius 3 is 2.29 bits per heavy atom. The number of rotatable bonds is 15. The van der Waals surface area contributed by atoms with Crippen LogP contribution in [0.3, 0.4) is 0 Å². The highest BCUT2D eigenvalue weighted by molar-refractivity contribution is 5.70. The molecule has 0 radical (unpaired) electrons. The van der Waals surface area contributed by atoms with E-state index in [2.05, 4.69) is 10.2 Å². The van der Waals surface area contributed by atoms with E-state index in [-0.39, 0.29) is 37.3 Å². The molecule has 0 aromatic heterocycles. The van der Waals surface area contributed by atoms with Crippen LogP contribution < -0.4 is 5.32 Å². The molecule has 0 saturated carbocycles. The number of alkyl carbamates (subject to hydrolysis) is 1. The predicted molar refractivity (Wildman–Crippen MR) is 95.1 cm³/mol. The molecule has 0 rings (SSSR count). The van der Waals surface area contributed by atoms with Crippen LogP contribution in [-0.4, -0.2) is 58.4 Å². The van der Waals surface area contributed by atoms with Gasteiger partial charge in [-0.25, -0.2) is 4.79 Å². The zero-order valence-electron chi connectivity index (χ0n) is 16.6. The van der Waals surface area contributed by atoms with Crippen molar-refractivity contribution in [3.63, 3.8) is 0 Å². The molecule has 0 aromatic carbocycles. The number of hydrogen-bond acceptors (Lipinski definition) is 9. The lowest BCUT2D eigenvalue weighted by atomic mass is 9.94. The predicted octanol–water partition coefficient (Wildman–Crippen LogP) is 2.31. The van der Waals surface area contributed by atoms with E-state index >= 15 is 0 Å². The van der Waals surface area contributed by atoms with Crippen molar-refractivity contribution in [3.8, 4) is 0 Å². The lowest BCUT2D eigenvalue weighted by Crippen LogP contribution is -2.34. The summed E-state index contributed by atoms with van der Waals surface area (Å²) in [6.07, 6.45) is 0.494. The summed E-state index contributed by atoms with van der Waals surface area (Å²) in [6, 6.07) is 0. The second-order valence-corrected chi connectivity index (χ2v) is 6.83. The Morgan fingerprint density at radius 2 is 1.71 bits per heavy atom. The number of esters is 1. The first kappa shape index (κ1) is 26.1. The third-order valence-electron chi connectivity index (χ3n) is 3.61. The number of carbonyl (C=O) groups is 3. The average Bonchev–Trinajstić information content (AvgIpc) is 2.54. The van der Waals surface area contributed by atoms with E-state index in [9.17, 15) is 14.4 Å². The molecule has 0 aliphatic rings. The molecule has 28 heavy (non-hydrogen) atoms. The van der Waals surface area contributed by atoms with Crippen LogP contribution in [0.2, 0.25) is 0 Å². The van der Waals surface area contributed by atoms with Gasteiger partial charge in [0.25, 0.3) is 0 Å². The van der Waals surface area contributed by atoms with E-state index in [0.29, 0.717) is 31.6 Å². The number of ether oxygens (including phenoxy) is 2. The Kier molecular flexibility index (Phi) is 14.0. The van der Waals surface area contributed by atoms with E-state index in [0.717, 1.165) is 0 Å². The molecule has 164 valence electrons. The van der Waals surface area contributed by atoms with Crippen molar-refractivity contribution >= 4 is 18.0 Å². The number of nitrogens with zero attached hydrogens (tertiary/aromatic N) is 1. The number of carboxylic acids is 1. The average molecular weight is 408 g/mol. The van der Waals surface area contributed by atoms with Crippen LogP contribution in [0.4, 0.5) is 4.79 Å². The van der Waals surface area contributed by atoms with Crippen LogP contribution in [0.25, 0.3) is 0 Å². The van der Waals surface area contributed by atoms with Crippen molar-refractivity contribution in [2.24, 2.45) is 11.8 Å². The first-order chi connectivity index (χ1) is 13.1. The zero-order chi connectivity index (χ0) is 21.5. The summed E-state index contributed by atoms with van der Waals surface area (Å²) < 4.78 is 9.90. The van der Waals surface area contributed by atoms with Crippen LogP contribution in [0, 0.1) is 11.8 Å². The maximum atomic E-state index is 11.8. The van der Waals surface area contributed by atoms with E-state index in [4.69, 9.17) is 25.0 Å². The minimum absolute atomic E-state index is 0.0529. The molecule has 0 bridgehead atoms. The van der Waals surface area contributed by atoms with Crippen LogP contribution in [-0.2, 0) is 23.9 Å². The Balaban J connectivity index is 3.99. The summed E-state index contributed by atoms with van der Waals surface area (Å²) in [5, 5.41) is 27.7. The van der Waals surface area contributed by atoms with Crippen LogP contribution in [0.1, 0.15) is 59.3 Å². The van der Waals surface area contributed by atoms with Gasteiger partial charge in [-0.15, -0.1) is 0 Å². The fourth-order valence-electron chi connectivity index (χ4n) is 2.53. The van der Waals surface area contributed by atoms with Gasteiger partial charge >= 0.3 is 18.0 Å². The van der Waals surface area contributed by atoms with Crippen LogP contribution in [0.5, 0.6) is 0 Å². The summed E-state index contributed by atoms with van der Waals surface area (Å²) in [5.74, 6) is -1.38. The number of amides is 1. The molecule has 1 amide bonds. The van der Waals surface area contributed by atoms with Crippen LogP contribution in [0.15, 0.2) is 0 Å². The molecule has 11 nitrogen and oxygen atoms in total. The van der Waals surface area contributed by atoms with Crippen molar-refractivity contribution in [1.82, 2.24) is 10.7 Å². The van der Waals surface area contributed by atoms with E-state index in [1.807, 2.05) is 13.8 Å². The Labute approximate surface area is 164 Å². The highest BCUT2D eigenvalue weighted by Gasteiger charge is 2.18. The largest absolute Gasteiger partial charge is 0.481 e. The Hall–Kier alpha value is -1.95. The molecule has 0 saturated heterocycles. The van der Waals surface area contributed by atoms with E-state index in [1.54, 1.807) is 0 Å². The van der Waals surface area contributed by atoms with Gasteiger partial charge < -0.3 is 19.9 Å². The normalized spacial score (nSPS) is 13.2. The third-order valence-corrected chi connectivity index (χ3v) is 3.61. The van der Waals surface area contributed by atoms with Crippen LogP contribution >= 0.6 is 0 Å². The van der Waals surface area contributed by atoms with Gasteiger partial charge in [0.05, 0.1) is 12.0 Å². The summed E-state index contributed by atoms with van der Waals surface area (Å²) in [5.41, 5.74) is 0. The number of unbranched alkanes of at least 4 members (excludes halogenated alkanes) is 2. The van der Waals surface area contributed by atoms with Crippen molar-refractivity contribution in [3.05, 3.63) is 0 Å². The molecular formula is C17H32N2O9. The molecule has 11 heteroatoms. The molecule has 0 heterocycles. The van der Waals surface area contributed by atoms with E-state index in [1.165, 1.54) is 6.92 Å².